The van der Waals surface area contributed by atoms with Gasteiger partial charge in [0.15, 0.2) is 0 Å². The summed E-state index contributed by atoms with van der Waals surface area (Å²) in [5.41, 5.74) is 0. The quantitative estimate of drug-likeness (QED) is 0.0610. The summed E-state index contributed by atoms with van der Waals surface area (Å²) in [6, 6.07) is 4.10. The largest absolute Gasteiger partial charge is 0.631 e. The number of hydrogen-bond acceptors (Lipinski definition) is 3. The van der Waals surface area contributed by atoms with Crippen LogP contribution in [0.1, 0.15) is 0 Å². The second kappa shape index (κ2) is 20.6. The summed E-state index contributed by atoms with van der Waals surface area (Å²) in [7, 11) is -2.17. The molecule has 0 fully saturated rings. The molecule has 0 unspecified atom stereocenters. The van der Waals surface area contributed by atoms with E-state index in [4.69, 9.17) is 15.1 Å². The molecule has 3 nitrogen and oxygen atoms in total. The minimum Gasteiger partial charge on any atom is -0.402 e. The van der Waals surface area contributed by atoms with Crippen molar-refractivity contribution >= 4 is 7.32 Å². The van der Waals surface area contributed by atoms with Crippen molar-refractivity contribution in [2.75, 3.05) is 0 Å². The van der Waals surface area contributed by atoms with Crippen LogP contribution in [0.4, 0.5) is 87.8 Å². The van der Waals surface area contributed by atoms with Crippen LogP contribution in [-0.4, -0.2) is 22.4 Å². The van der Waals surface area contributed by atoms with E-state index in [9.17, 15) is 87.8 Å². The van der Waals surface area contributed by atoms with Gasteiger partial charge < -0.3 is 15.1 Å². The summed E-state index contributed by atoms with van der Waals surface area (Å²) in [6.45, 7) is 0. The van der Waals surface area contributed by atoms with Crippen molar-refractivity contribution < 1.29 is 125 Å². The Kier molecular flexibility index (Phi) is 19.9. The molecule has 0 heterocycles. The van der Waals surface area contributed by atoms with Gasteiger partial charge in [-0.25, -0.2) is 52.7 Å². The zero-order chi connectivity index (χ0) is 38.0. The molecule has 0 bridgehead atoms. The molecule has 0 saturated carbocycles. The molecule has 49 heavy (non-hydrogen) atoms. The first-order chi connectivity index (χ1) is 21.9. The number of hydrogen-bond donors (Lipinski definition) is 3. The zero-order valence-electron chi connectivity index (χ0n) is 21.8. The van der Waals surface area contributed by atoms with Gasteiger partial charge in [0.2, 0.25) is 0 Å². The fraction of sp³-hybridized carbons (Fsp3) is 0. The Morgan fingerprint density at radius 3 is 0.408 bits per heavy atom. The molecule has 275 valence electrons. The van der Waals surface area contributed by atoms with Crippen molar-refractivity contribution in [1.29, 1.82) is 0 Å². The van der Waals surface area contributed by atoms with Gasteiger partial charge in [-0.3, -0.25) is 35.1 Å². The van der Waals surface area contributed by atoms with Gasteiger partial charge in [-0.15, -0.1) is 24.3 Å². The summed E-state index contributed by atoms with van der Waals surface area (Å²) in [5, 5.41) is 21.5. The van der Waals surface area contributed by atoms with Gasteiger partial charge in [0.1, 0.15) is 0 Å². The standard InChI is InChI=1S/4C6F5.Ag.BH3O3/c4*7-2-1-3(8)5(10)6(11)4(2)9;;2-1(3)4/h;;;;;2-4H/q4*-1;;. The molecule has 1 radical (unpaired) electrons. The van der Waals surface area contributed by atoms with Gasteiger partial charge in [-0.05, 0) is 0 Å². The predicted molar refractivity (Wildman–Crippen MR) is 113 cm³/mol. The number of halogens is 20. The molecule has 0 atom stereocenters. The summed E-state index contributed by atoms with van der Waals surface area (Å²) >= 11 is 0. The van der Waals surface area contributed by atoms with Gasteiger partial charge in [0.05, 0.1) is 116 Å². The zero-order valence-corrected chi connectivity index (χ0v) is 23.3. The van der Waals surface area contributed by atoms with Gasteiger partial charge >= 0.3 is 7.32 Å². The van der Waals surface area contributed by atoms with E-state index in [0.717, 1.165) is 24.3 Å². The summed E-state index contributed by atoms with van der Waals surface area (Å²) in [6.07, 6.45) is 0. The molecule has 0 spiro atoms. The molecule has 4 aromatic rings. The van der Waals surface area contributed by atoms with E-state index in [2.05, 4.69) is 0 Å². The van der Waals surface area contributed by atoms with Crippen molar-refractivity contribution in [3.8, 4) is 0 Å². The van der Waals surface area contributed by atoms with Crippen molar-refractivity contribution in [3.05, 3.63) is 141 Å². The molecule has 0 aromatic heterocycles. The fourth-order valence-corrected chi connectivity index (χ4v) is 1.98. The van der Waals surface area contributed by atoms with Crippen molar-refractivity contribution in [2.45, 2.75) is 0 Å². The third kappa shape index (κ3) is 13.5. The van der Waals surface area contributed by atoms with Gasteiger partial charge in [-0.1, -0.05) is 0 Å². The third-order valence-electron chi connectivity index (χ3n) is 3.96. The van der Waals surface area contributed by atoms with Crippen LogP contribution in [0, 0.1) is 141 Å². The maximum Gasteiger partial charge on any atom is 0.631 e. The Balaban J connectivity index is 0. The molecule has 0 amide bonds. The predicted octanol–water partition coefficient (Wildman–Crippen LogP) is 6.67. The van der Waals surface area contributed by atoms with Crippen LogP contribution < -0.4 is 0 Å². The van der Waals surface area contributed by atoms with Crippen LogP contribution in [0.15, 0.2) is 0 Å². The smallest absolute Gasteiger partial charge is 0.402 e. The average Bonchev–Trinajstić information content (AvgIpc) is 3.01. The van der Waals surface area contributed by atoms with E-state index in [0.29, 0.717) is 0 Å². The van der Waals surface area contributed by atoms with Crippen molar-refractivity contribution in [3.63, 3.8) is 0 Å². The van der Waals surface area contributed by atoms with Crippen LogP contribution in [0.3, 0.4) is 0 Å². The number of rotatable bonds is 0. The van der Waals surface area contributed by atoms with Crippen molar-refractivity contribution in [1.82, 2.24) is 0 Å². The Bertz CT molecular complexity index is 1390. The maximum atomic E-state index is 12.0. The number of benzene rings is 4. The topological polar surface area (TPSA) is 60.7 Å². The minimum absolute atomic E-state index is 0. The summed E-state index contributed by atoms with van der Waals surface area (Å²) in [4.78, 5) is 0. The maximum absolute atomic E-state index is 12.0. The molecular formula is C24H3AgBF20O3-4. The van der Waals surface area contributed by atoms with E-state index >= 15 is 0 Å². The Morgan fingerprint density at radius 2 is 0.327 bits per heavy atom. The molecule has 0 aliphatic rings. The first-order valence-electron chi connectivity index (χ1n) is 10.6. The van der Waals surface area contributed by atoms with Gasteiger partial charge in [0.25, 0.3) is 0 Å². The van der Waals surface area contributed by atoms with E-state index in [-0.39, 0.29) is 22.4 Å². The Labute approximate surface area is 273 Å². The van der Waals surface area contributed by atoms with Gasteiger partial charge in [-0.2, -0.15) is 0 Å². The Morgan fingerprint density at radius 1 is 0.245 bits per heavy atom. The second-order valence-corrected chi connectivity index (χ2v) is 7.13. The van der Waals surface area contributed by atoms with E-state index in [1.807, 2.05) is 0 Å². The monoisotopic (exact) mass is 837 g/mol. The third-order valence-corrected chi connectivity index (χ3v) is 3.96. The molecule has 3 N–H and O–H groups in total. The first kappa shape index (κ1) is 47.3. The van der Waals surface area contributed by atoms with Crippen LogP contribution in [-0.2, 0) is 22.4 Å². The second-order valence-electron chi connectivity index (χ2n) is 7.13. The molecule has 0 aliphatic carbocycles. The minimum atomic E-state index is -2.17. The van der Waals surface area contributed by atoms with E-state index in [1.165, 1.54) is 0 Å². The molecule has 4 aromatic carbocycles. The normalized spacial score (nSPS) is 9.78. The molecule has 0 aliphatic heterocycles. The van der Waals surface area contributed by atoms with Crippen LogP contribution in [0.5, 0.6) is 0 Å². The van der Waals surface area contributed by atoms with Gasteiger partial charge in [0, 0.05) is 22.4 Å². The molecule has 4 rings (SSSR count). The Hall–Kier alpha value is -3.83. The van der Waals surface area contributed by atoms with E-state index in [1.54, 1.807) is 0 Å². The SMILES string of the molecule is Fc1[c-]c(F)c(F)c(F)c1F.Fc1[c-]c(F)c(F)c(F)c1F.Fc1[c-]c(F)c(F)c(F)c1F.Fc1[c-]c(F)c(F)c(F)c1F.OB(O)O.[Ag]. The van der Waals surface area contributed by atoms with Crippen LogP contribution >= 0.6 is 0 Å². The molecule has 0 saturated heterocycles. The molecule has 25 heteroatoms. The van der Waals surface area contributed by atoms with Crippen molar-refractivity contribution in [2.24, 2.45) is 0 Å². The van der Waals surface area contributed by atoms with Crippen LogP contribution in [0.2, 0.25) is 0 Å². The van der Waals surface area contributed by atoms with Crippen LogP contribution in [0.25, 0.3) is 0 Å². The summed E-state index contributed by atoms with van der Waals surface area (Å²) in [5.74, 6) is -40.2. The fourth-order valence-electron chi connectivity index (χ4n) is 1.98. The van der Waals surface area contributed by atoms with E-state index < -0.39 is 124 Å². The average molecular weight is 838 g/mol. The molecular weight excluding hydrogens is 835 g/mol. The first-order valence-corrected chi connectivity index (χ1v) is 10.6. The summed E-state index contributed by atoms with van der Waals surface area (Å²) < 4.78 is 239.